The van der Waals surface area contributed by atoms with Gasteiger partial charge in [0.1, 0.15) is 17.6 Å². The fourth-order valence-electron chi connectivity index (χ4n) is 4.87. The number of nitriles is 1. The maximum atomic E-state index is 10.1. The van der Waals surface area contributed by atoms with E-state index in [4.69, 9.17) is 15.2 Å². The van der Waals surface area contributed by atoms with Gasteiger partial charge < -0.3 is 24.7 Å². The molecule has 0 spiro atoms. The Labute approximate surface area is 203 Å². The lowest BCUT2D eigenvalue weighted by atomic mass is 9.92. The molecular weight excluding hydrogens is 440 g/mol. The summed E-state index contributed by atoms with van der Waals surface area (Å²) in [6.45, 7) is 2.96. The molecule has 6 rings (SSSR count). The molecular formula is C27H26N6O2. The first kappa shape index (κ1) is 21.4. The average Bonchev–Trinajstić information content (AvgIpc) is 3.17. The topological polar surface area (TPSA) is 102 Å². The molecule has 0 radical (unpaired) electrons. The van der Waals surface area contributed by atoms with Crippen molar-refractivity contribution in [3.8, 4) is 29.1 Å². The van der Waals surface area contributed by atoms with Crippen LogP contribution in [0.15, 0.2) is 54.7 Å². The van der Waals surface area contributed by atoms with Gasteiger partial charge in [-0.05, 0) is 55.2 Å². The number of aromatic nitrogens is 3. The van der Waals surface area contributed by atoms with E-state index in [1.807, 2.05) is 48.5 Å². The number of nitrogen functional groups attached to an aromatic ring is 1. The molecule has 8 nitrogen and oxygen atoms in total. The number of benzene rings is 2. The fraction of sp³-hybridized carbons (Fsp3) is 0.296. The van der Waals surface area contributed by atoms with Crippen molar-refractivity contribution in [3.05, 3.63) is 60.3 Å². The zero-order chi connectivity index (χ0) is 23.8. The third kappa shape index (κ3) is 3.94. The SMILES string of the molecule is N#Cc1c(-c2ccc(N)cc2)n(C2CCC2)c2cc(Oc3nccc(N4CCOCC4)n3)ccc12. The van der Waals surface area contributed by atoms with Crippen LogP contribution in [0.1, 0.15) is 30.9 Å². The first-order valence-electron chi connectivity index (χ1n) is 12.0. The van der Waals surface area contributed by atoms with E-state index in [2.05, 4.69) is 25.5 Å². The zero-order valence-electron chi connectivity index (χ0n) is 19.4. The van der Waals surface area contributed by atoms with Gasteiger partial charge in [0, 0.05) is 42.5 Å². The number of nitrogens with two attached hydrogens (primary N) is 1. The number of ether oxygens (including phenoxy) is 2. The third-order valence-electron chi connectivity index (χ3n) is 6.87. The van der Waals surface area contributed by atoms with Crippen molar-refractivity contribution in [2.24, 2.45) is 0 Å². The summed E-state index contributed by atoms with van der Waals surface area (Å²) in [5, 5.41) is 11.0. The largest absolute Gasteiger partial charge is 0.424 e. The Morgan fingerprint density at radius 1 is 1.06 bits per heavy atom. The van der Waals surface area contributed by atoms with Crippen LogP contribution in [-0.2, 0) is 4.74 Å². The summed E-state index contributed by atoms with van der Waals surface area (Å²) in [7, 11) is 0. The van der Waals surface area contributed by atoms with E-state index in [1.165, 1.54) is 6.42 Å². The number of hydrogen-bond acceptors (Lipinski definition) is 7. The first-order valence-corrected chi connectivity index (χ1v) is 12.0. The summed E-state index contributed by atoms with van der Waals surface area (Å²) in [6.07, 6.45) is 5.08. The van der Waals surface area contributed by atoms with E-state index in [0.717, 1.165) is 53.9 Å². The van der Waals surface area contributed by atoms with Crippen LogP contribution >= 0.6 is 0 Å². The number of fused-ring (bicyclic) bond motifs is 1. The summed E-state index contributed by atoms with van der Waals surface area (Å²) >= 11 is 0. The predicted octanol–water partition coefficient (Wildman–Crippen LogP) is 4.91. The summed E-state index contributed by atoms with van der Waals surface area (Å²) in [5.41, 5.74) is 10.2. The van der Waals surface area contributed by atoms with Crippen LogP contribution in [0.2, 0.25) is 0 Å². The zero-order valence-corrected chi connectivity index (χ0v) is 19.4. The van der Waals surface area contributed by atoms with Crippen molar-refractivity contribution in [3.63, 3.8) is 0 Å². The Hall–Kier alpha value is -4.09. The maximum Gasteiger partial charge on any atom is 0.323 e. The van der Waals surface area contributed by atoms with Crippen molar-refractivity contribution in [1.29, 1.82) is 5.26 Å². The Morgan fingerprint density at radius 2 is 1.86 bits per heavy atom. The Kier molecular flexibility index (Phi) is 5.47. The number of anilines is 2. The normalized spacial score (nSPS) is 16.1. The summed E-state index contributed by atoms with van der Waals surface area (Å²) in [5.74, 6) is 1.47. The first-order chi connectivity index (χ1) is 17.2. The maximum absolute atomic E-state index is 10.1. The third-order valence-corrected chi connectivity index (χ3v) is 6.87. The van der Waals surface area contributed by atoms with Gasteiger partial charge in [-0.1, -0.05) is 12.1 Å². The smallest absolute Gasteiger partial charge is 0.323 e. The molecule has 3 heterocycles. The minimum Gasteiger partial charge on any atom is -0.424 e. The lowest BCUT2D eigenvalue weighted by molar-refractivity contribution is 0.122. The molecule has 1 aliphatic carbocycles. The van der Waals surface area contributed by atoms with Gasteiger partial charge in [0.15, 0.2) is 0 Å². The summed E-state index contributed by atoms with van der Waals surface area (Å²) in [6, 6.07) is 18.6. The van der Waals surface area contributed by atoms with Gasteiger partial charge in [-0.3, -0.25) is 0 Å². The second-order valence-corrected chi connectivity index (χ2v) is 8.99. The lowest BCUT2D eigenvalue weighted by Crippen LogP contribution is -2.36. The van der Waals surface area contributed by atoms with Crippen LogP contribution in [0.4, 0.5) is 11.5 Å². The molecule has 1 saturated heterocycles. The van der Waals surface area contributed by atoms with Crippen LogP contribution < -0.4 is 15.4 Å². The molecule has 0 unspecified atom stereocenters. The van der Waals surface area contributed by atoms with Crippen LogP contribution in [0.3, 0.4) is 0 Å². The van der Waals surface area contributed by atoms with E-state index >= 15 is 0 Å². The van der Waals surface area contributed by atoms with E-state index in [9.17, 15) is 5.26 Å². The number of nitrogens with zero attached hydrogens (tertiary/aromatic N) is 5. The van der Waals surface area contributed by atoms with Crippen molar-refractivity contribution in [2.75, 3.05) is 36.9 Å². The van der Waals surface area contributed by atoms with Crippen LogP contribution in [-0.4, -0.2) is 40.8 Å². The molecule has 176 valence electrons. The highest BCUT2D eigenvalue weighted by Gasteiger charge is 2.28. The Morgan fingerprint density at radius 3 is 2.57 bits per heavy atom. The van der Waals surface area contributed by atoms with Gasteiger partial charge in [-0.15, -0.1) is 0 Å². The van der Waals surface area contributed by atoms with Gasteiger partial charge in [0.2, 0.25) is 0 Å². The summed E-state index contributed by atoms with van der Waals surface area (Å²) < 4.78 is 13.9. The minimum atomic E-state index is 0.300. The molecule has 0 bridgehead atoms. The van der Waals surface area contributed by atoms with Crippen molar-refractivity contribution in [2.45, 2.75) is 25.3 Å². The van der Waals surface area contributed by atoms with Crippen molar-refractivity contribution < 1.29 is 9.47 Å². The van der Waals surface area contributed by atoms with Crippen LogP contribution in [0.25, 0.3) is 22.2 Å². The molecule has 2 aromatic heterocycles. The Balaban J connectivity index is 1.41. The monoisotopic (exact) mass is 466 g/mol. The summed E-state index contributed by atoms with van der Waals surface area (Å²) in [4.78, 5) is 11.1. The standard InChI is InChI=1S/C27H26N6O2/c28-17-23-22-9-8-21(35-27-30-11-10-25(31-27)32-12-14-34-15-13-32)16-24(22)33(20-2-1-3-20)26(23)18-4-6-19(29)7-5-18/h4-11,16,20H,1-3,12-15,29H2. The molecule has 8 heteroatoms. The van der Waals surface area contributed by atoms with Gasteiger partial charge in [0.05, 0.1) is 30.0 Å². The van der Waals surface area contributed by atoms with Gasteiger partial charge in [0.25, 0.3) is 0 Å². The molecule has 2 aromatic carbocycles. The molecule has 2 N–H and O–H groups in total. The van der Waals surface area contributed by atoms with Crippen molar-refractivity contribution in [1.82, 2.24) is 14.5 Å². The Bertz CT molecular complexity index is 1410. The van der Waals surface area contributed by atoms with Gasteiger partial charge >= 0.3 is 6.01 Å². The van der Waals surface area contributed by atoms with E-state index in [1.54, 1.807) is 6.20 Å². The number of rotatable bonds is 5. The van der Waals surface area contributed by atoms with Crippen LogP contribution in [0, 0.1) is 11.3 Å². The molecule has 2 fully saturated rings. The second kappa shape index (κ2) is 8.93. The van der Waals surface area contributed by atoms with E-state index < -0.39 is 0 Å². The number of hydrogen-bond donors (Lipinski definition) is 1. The predicted molar refractivity (Wildman–Crippen MR) is 135 cm³/mol. The average molecular weight is 467 g/mol. The highest BCUT2D eigenvalue weighted by Crippen LogP contribution is 2.43. The highest BCUT2D eigenvalue weighted by molar-refractivity contribution is 5.95. The van der Waals surface area contributed by atoms with Gasteiger partial charge in [-0.2, -0.15) is 10.2 Å². The van der Waals surface area contributed by atoms with Crippen LogP contribution in [0.5, 0.6) is 11.8 Å². The van der Waals surface area contributed by atoms with Crippen molar-refractivity contribution >= 4 is 22.4 Å². The highest BCUT2D eigenvalue weighted by atomic mass is 16.5. The molecule has 1 saturated carbocycles. The second-order valence-electron chi connectivity index (χ2n) is 8.99. The fourth-order valence-corrected chi connectivity index (χ4v) is 4.87. The molecule has 35 heavy (non-hydrogen) atoms. The molecule has 2 aliphatic rings. The van der Waals surface area contributed by atoms with E-state index in [0.29, 0.717) is 42.3 Å². The minimum absolute atomic E-state index is 0.300. The lowest BCUT2D eigenvalue weighted by Gasteiger charge is -2.30. The van der Waals surface area contributed by atoms with E-state index in [-0.39, 0.29) is 0 Å². The quantitative estimate of drug-likeness (QED) is 0.417. The number of morpholine rings is 1. The molecule has 1 aliphatic heterocycles. The van der Waals surface area contributed by atoms with Gasteiger partial charge in [-0.25, -0.2) is 4.98 Å². The molecule has 4 aromatic rings. The molecule has 0 amide bonds. The molecule has 0 atom stereocenters.